The summed E-state index contributed by atoms with van der Waals surface area (Å²) in [5.74, 6) is 1.20. The summed E-state index contributed by atoms with van der Waals surface area (Å²) in [6, 6.07) is 3.59. The number of carbonyl (C=O) groups is 1. The highest BCUT2D eigenvalue weighted by Gasteiger charge is 2.30. The maximum absolute atomic E-state index is 11.5. The van der Waals surface area contributed by atoms with Gasteiger partial charge in [0.2, 0.25) is 5.91 Å². The van der Waals surface area contributed by atoms with Gasteiger partial charge in [-0.2, -0.15) is 0 Å². The molecule has 1 aliphatic heterocycles. The van der Waals surface area contributed by atoms with Crippen LogP contribution < -0.4 is 14.8 Å². The van der Waals surface area contributed by atoms with Crippen LogP contribution in [0, 0.1) is 0 Å². The van der Waals surface area contributed by atoms with Crippen LogP contribution in [0.1, 0.15) is 18.4 Å². The van der Waals surface area contributed by atoms with Crippen molar-refractivity contribution in [3.8, 4) is 11.5 Å². The molecule has 0 aliphatic carbocycles. The minimum absolute atomic E-state index is 0.00319. The first kappa shape index (κ1) is 9.83. The molecule has 0 fully saturated rings. The Hall–Kier alpha value is -1.71. The molecule has 0 saturated heterocycles. The van der Waals surface area contributed by atoms with Gasteiger partial charge in [-0.15, -0.1) is 0 Å². The summed E-state index contributed by atoms with van der Waals surface area (Å²) in [7, 11) is 3.17. The van der Waals surface area contributed by atoms with E-state index in [0.29, 0.717) is 11.5 Å². The Labute approximate surface area is 88.2 Å². The highest BCUT2D eigenvalue weighted by Crippen LogP contribution is 2.41. The molecule has 1 aromatic rings. The third kappa shape index (κ3) is 1.42. The number of anilines is 1. The van der Waals surface area contributed by atoms with Gasteiger partial charge in [0, 0.05) is 17.7 Å². The van der Waals surface area contributed by atoms with Gasteiger partial charge in [-0.3, -0.25) is 4.79 Å². The van der Waals surface area contributed by atoms with Crippen LogP contribution in [0.5, 0.6) is 11.5 Å². The molecule has 1 aromatic carbocycles. The number of hydrogen-bond donors (Lipinski definition) is 1. The Morgan fingerprint density at radius 1 is 1.27 bits per heavy atom. The van der Waals surface area contributed by atoms with E-state index >= 15 is 0 Å². The molecule has 4 nitrogen and oxygen atoms in total. The minimum atomic E-state index is -0.166. The van der Waals surface area contributed by atoms with Crippen LogP contribution in [-0.4, -0.2) is 20.1 Å². The van der Waals surface area contributed by atoms with E-state index in [1.165, 1.54) is 0 Å². The number of nitrogens with one attached hydrogen (secondary N) is 1. The van der Waals surface area contributed by atoms with Gasteiger partial charge in [0.1, 0.15) is 11.5 Å². The molecule has 1 unspecified atom stereocenters. The fourth-order valence-electron chi connectivity index (χ4n) is 1.81. The number of benzene rings is 1. The third-order valence-electron chi connectivity index (χ3n) is 2.66. The number of rotatable bonds is 2. The van der Waals surface area contributed by atoms with Crippen molar-refractivity contribution in [3.05, 3.63) is 17.7 Å². The fraction of sp³-hybridized carbons (Fsp3) is 0.364. The molecule has 1 heterocycles. The monoisotopic (exact) mass is 207 g/mol. The highest BCUT2D eigenvalue weighted by molar-refractivity contribution is 6.03. The second-order valence-corrected chi connectivity index (χ2v) is 3.50. The van der Waals surface area contributed by atoms with Crippen molar-refractivity contribution in [3.63, 3.8) is 0 Å². The van der Waals surface area contributed by atoms with E-state index in [1.54, 1.807) is 26.4 Å². The number of amides is 1. The first-order valence-corrected chi connectivity index (χ1v) is 4.74. The Morgan fingerprint density at radius 3 is 2.60 bits per heavy atom. The lowest BCUT2D eigenvalue weighted by molar-refractivity contribution is -0.116. The smallest absolute Gasteiger partial charge is 0.231 e. The van der Waals surface area contributed by atoms with Gasteiger partial charge >= 0.3 is 0 Å². The van der Waals surface area contributed by atoms with Gasteiger partial charge in [-0.1, -0.05) is 0 Å². The molecular formula is C11H13NO3. The standard InChI is InChI=1S/C11H13NO3/c1-6-10-8(12-11(6)13)4-7(14-2)5-9(10)15-3/h4-6H,1-3H3,(H,12,13). The zero-order chi connectivity index (χ0) is 11.0. The molecule has 80 valence electrons. The molecule has 1 N–H and O–H groups in total. The van der Waals surface area contributed by atoms with Crippen molar-refractivity contribution in [1.29, 1.82) is 0 Å². The summed E-state index contributed by atoms with van der Waals surface area (Å²) in [6.45, 7) is 1.86. The van der Waals surface area contributed by atoms with Crippen molar-refractivity contribution < 1.29 is 14.3 Å². The van der Waals surface area contributed by atoms with Gasteiger partial charge < -0.3 is 14.8 Å². The molecule has 1 amide bonds. The average Bonchev–Trinajstić information content (AvgIpc) is 2.53. The van der Waals surface area contributed by atoms with Crippen LogP contribution in [0.25, 0.3) is 0 Å². The van der Waals surface area contributed by atoms with Crippen molar-refractivity contribution in [2.75, 3.05) is 19.5 Å². The summed E-state index contributed by atoms with van der Waals surface area (Å²) in [5, 5.41) is 2.80. The molecule has 0 saturated carbocycles. The Bertz CT molecular complexity index is 415. The summed E-state index contributed by atoms with van der Waals surface area (Å²) >= 11 is 0. The molecule has 0 bridgehead atoms. The predicted molar refractivity (Wildman–Crippen MR) is 56.6 cm³/mol. The second kappa shape index (κ2) is 3.46. The summed E-state index contributed by atoms with van der Waals surface area (Å²) in [6.07, 6.45) is 0. The maximum Gasteiger partial charge on any atom is 0.231 e. The molecule has 0 radical (unpaired) electrons. The van der Waals surface area contributed by atoms with Crippen molar-refractivity contribution in [2.24, 2.45) is 0 Å². The van der Waals surface area contributed by atoms with Gasteiger partial charge in [-0.25, -0.2) is 0 Å². The predicted octanol–water partition coefficient (Wildman–Crippen LogP) is 1.76. The lowest BCUT2D eigenvalue weighted by Gasteiger charge is -2.10. The van der Waals surface area contributed by atoms with E-state index in [0.717, 1.165) is 11.3 Å². The normalized spacial score (nSPS) is 18.3. The zero-order valence-electron chi connectivity index (χ0n) is 8.96. The summed E-state index contributed by atoms with van der Waals surface area (Å²) < 4.78 is 10.4. The number of ether oxygens (including phenoxy) is 2. The van der Waals surface area contributed by atoms with Crippen molar-refractivity contribution in [2.45, 2.75) is 12.8 Å². The second-order valence-electron chi connectivity index (χ2n) is 3.50. The van der Waals surface area contributed by atoms with Gasteiger partial charge in [-0.05, 0) is 6.92 Å². The van der Waals surface area contributed by atoms with Crippen molar-refractivity contribution >= 4 is 11.6 Å². The van der Waals surface area contributed by atoms with Crippen molar-refractivity contribution in [1.82, 2.24) is 0 Å². The SMILES string of the molecule is COc1cc2c(c(OC)c1)C(C)C(=O)N2. The van der Waals surface area contributed by atoms with Gasteiger partial charge in [0.05, 0.1) is 25.8 Å². The van der Waals surface area contributed by atoms with Crippen LogP contribution in [0.2, 0.25) is 0 Å². The lowest BCUT2D eigenvalue weighted by atomic mass is 10.0. The molecule has 0 aromatic heterocycles. The largest absolute Gasteiger partial charge is 0.497 e. The van der Waals surface area contributed by atoms with Gasteiger partial charge in [0.15, 0.2) is 0 Å². The summed E-state index contributed by atoms with van der Waals surface area (Å²) in [5.41, 5.74) is 1.69. The first-order valence-electron chi connectivity index (χ1n) is 4.74. The molecule has 4 heteroatoms. The fourth-order valence-corrected chi connectivity index (χ4v) is 1.81. The van der Waals surface area contributed by atoms with E-state index in [1.807, 2.05) is 6.92 Å². The van der Waals surface area contributed by atoms with Crippen LogP contribution in [0.4, 0.5) is 5.69 Å². The van der Waals surface area contributed by atoms with Crippen LogP contribution in [0.15, 0.2) is 12.1 Å². The van der Waals surface area contributed by atoms with E-state index in [-0.39, 0.29) is 11.8 Å². The number of hydrogen-bond acceptors (Lipinski definition) is 3. The number of methoxy groups -OCH3 is 2. The van der Waals surface area contributed by atoms with E-state index < -0.39 is 0 Å². The molecule has 0 spiro atoms. The molecule has 1 atom stereocenters. The quantitative estimate of drug-likeness (QED) is 0.803. The zero-order valence-corrected chi connectivity index (χ0v) is 8.96. The first-order chi connectivity index (χ1) is 7.17. The molecule has 2 rings (SSSR count). The van der Waals surface area contributed by atoms with Crippen LogP contribution >= 0.6 is 0 Å². The van der Waals surface area contributed by atoms with Crippen LogP contribution in [0.3, 0.4) is 0 Å². The number of fused-ring (bicyclic) bond motifs is 1. The minimum Gasteiger partial charge on any atom is -0.497 e. The molecule has 15 heavy (non-hydrogen) atoms. The van der Waals surface area contributed by atoms with Crippen LogP contribution in [-0.2, 0) is 4.79 Å². The molecule has 1 aliphatic rings. The Kier molecular flexibility index (Phi) is 2.26. The van der Waals surface area contributed by atoms with E-state index in [2.05, 4.69) is 5.32 Å². The third-order valence-corrected chi connectivity index (χ3v) is 2.66. The average molecular weight is 207 g/mol. The van der Waals surface area contributed by atoms with E-state index in [9.17, 15) is 4.79 Å². The Morgan fingerprint density at radius 2 is 2.00 bits per heavy atom. The highest BCUT2D eigenvalue weighted by atomic mass is 16.5. The Balaban J connectivity index is 2.57. The molecular weight excluding hydrogens is 194 g/mol. The summed E-state index contributed by atoms with van der Waals surface area (Å²) in [4.78, 5) is 11.5. The van der Waals surface area contributed by atoms with E-state index in [4.69, 9.17) is 9.47 Å². The lowest BCUT2D eigenvalue weighted by Crippen LogP contribution is -2.08. The topological polar surface area (TPSA) is 47.6 Å². The maximum atomic E-state index is 11.5. The number of carbonyl (C=O) groups excluding carboxylic acids is 1. The van der Waals surface area contributed by atoms with Gasteiger partial charge in [0.25, 0.3) is 0 Å².